The van der Waals surface area contributed by atoms with Crippen molar-refractivity contribution < 1.29 is 4.79 Å². The molecule has 6 rings (SSSR count). The number of carbonyl (C=O) groups excluding carboxylic acids is 1. The molecule has 6 heteroatoms. The standard InChI is InChI=1S/C27H25N5O/c1-32(2)16-18-7-5-17(6-8-18)9-12-23-20-11-10-19(14-24(20)31-30-23)22-15-27(22)21-4-3-13-28-25(21)29-26(27)33/h3-14,22H,15-16H2,1-2H3,(H,30,31)(H,28,29,33)/t22-,27-/m0/s1. The zero-order valence-corrected chi connectivity index (χ0v) is 18.7. The SMILES string of the molecule is CN(C)Cc1ccc(C=Cc2n[nH]c3cc([C@@H]4C[C@@]45C(=O)Nc4ncccc45)ccc23)cc1. The minimum atomic E-state index is -0.473. The van der Waals surface area contributed by atoms with Gasteiger partial charge in [0.15, 0.2) is 0 Å². The predicted molar refractivity (Wildman–Crippen MR) is 131 cm³/mol. The summed E-state index contributed by atoms with van der Waals surface area (Å²) in [5.41, 5.74) is 6.04. The molecule has 0 bridgehead atoms. The molecule has 1 aliphatic carbocycles. The van der Waals surface area contributed by atoms with Gasteiger partial charge >= 0.3 is 0 Å². The highest BCUT2D eigenvalue weighted by Crippen LogP contribution is 2.64. The van der Waals surface area contributed by atoms with E-state index in [1.807, 2.05) is 18.2 Å². The number of pyridine rings is 1. The van der Waals surface area contributed by atoms with Crippen LogP contribution < -0.4 is 5.32 Å². The van der Waals surface area contributed by atoms with E-state index in [2.05, 4.69) is 88.0 Å². The van der Waals surface area contributed by atoms with Crippen LogP contribution in [0.1, 0.15) is 40.3 Å². The van der Waals surface area contributed by atoms with E-state index in [0.717, 1.165) is 46.3 Å². The minimum absolute atomic E-state index is 0.0612. The highest BCUT2D eigenvalue weighted by molar-refractivity contribution is 6.09. The maximum atomic E-state index is 12.8. The van der Waals surface area contributed by atoms with Crippen LogP contribution in [0.2, 0.25) is 0 Å². The number of hydrogen-bond acceptors (Lipinski definition) is 4. The quantitative estimate of drug-likeness (QED) is 0.482. The maximum absolute atomic E-state index is 12.8. The van der Waals surface area contributed by atoms with Crippen LogP contribution in [0, 0.1) is 0 Å². The van der Waals surface area contributed by atoms with Crippen LogP contribution in [-0.4, -0.2) is 40.1 Å². The molecule has 0 saturated heterocycles. The fourth-order valence-electron chi connectivity index (χ4n) is 5.10. The van der Waals surface area contributed by atoms with Gasteiger partial charge in [-0.2, -0.15) is 5.10 Å². The highest BCUT2D eigenvalue weighted by atomic mass is 16.2. The van der Waals surface area contributed by atoms with Gasteiger partial charge in [0.1, 0.15) is 5.82 Å². The van der Waals surface area contributed by atoms with Gasteiger partial charge in [-0.15, -0.1) is 0 Å². The Morgan fingerprint density at radius 2 is 1.97 bits per heavy atom. The number of rotatable bonds is 5. The molecule has 6 nitrogen and oxygen atoms in total. The summed E-state index contributed by atoms with van der Waals surface area (Å²) in [5.74, 6) is 0.927. The Bertz CT molecular complexity index is 1400. The molecule has 1 spiro atoms. The summed E-state index contributed by atoms with van der Waals surface area (Å²) in [6.45, 7) is 0.933. The van der Waals surface area contributed by atoms with Crippen molar-refractivity contribution in [3.63, 3.8) is 0 Å². The molecule has 2 N–H and O–H groups in total. The van der Waals surface area contributed by atoms with Crippen molar-refractivity contribution in [1.29, 1.82) is 0 Å². The fraction of sp³-hybridized carbons (Fsp3) is 0.222. The van der Waals surface area contributed by atoms with E-state index in [4.69, 9.17) is 0 Å². The summed E-state index contributed by atoms with van der Waals surface area (Å²) >= 11 is 0. The maximum Gasteiger partial charge on any atom is 0.236 e. The fourth-order valence-corrected chi connectivity index (χ4v) is 5.10. The lowest BCUT2D eigenvalue weighted by atomic mass is 9.93. The van der Waals surface area contributed by atoms with Crippen molar-refractivity contribution >= 4 is 34.8 Å². The highest BCUT2D eigenvalue weighted by Gasteiger charge is 2.65. The lowest BCUT2D eigenvalue weighted by molar-refractivity contribution is -0.118. The topological polar surface area (TPSA) is 73.9 Å². The monoisotopic (exact) mass is 435 g/mol. The van der Waals surface area contributed by atoms with E-state index in [9.17, 15) is 4.79 Å². The Labute approximate surface area is 192 Å². The first-order valence-electron chi connectivity index (χ1n) is 11.2. The molecular formula is C27H25N5O. The van der Waals surface area contributed by atoms with Crippen LogP contribution in [-0.2, 0) is 16.8 Å². The normalized spacial score (nSPS) is 21.3. The zero-order valence-electron chi connectivity index (χ0n) is 18.7. The van der Waals surface area contributed by atoms with Crippen LogP contribution in [0.25, 0.3) is 23.1 Å². The van der Waals surface area contributed by atoms with Crippen molar-refractivity contribution in [2.45, 2.75) is 24.3 Å². The number of benzene rings is 2. The van der Waals surface area contributed by atoms with E-state index in [1.54, 1.807) is 6.20 Å². The molecule has 4 aromatic rings. The molecule has 0 unspecified atom stereocenters. The molecule has 2 aromatic heterocycles. The van der Waals surface area contributed by atoms with Crippen LogP contribution in [0.15, 0.2) is 60.8 Å². The molecule has 3 heterocycles. The zero-order chi connectivity index (χ0) is 22.6. The number of H-pyrrole nitrogens is 1. The number of nitrogens with one attached hydrogen (secondary N) is 2. The van der Waals surface area contributed by atoms with Crippen molar-refractivity contribution in [2.75, 3.05) is 19.4 Å². The van der Waals surface area contributed by atoms with Gasteiger partial charge in [0.25, 0.3) is 0 Å². The Balaban J connectivity index is 1.24. The average molecular weight is 436 g/mol. The van der Waals surface area contributed by atoms with Gasteiger partial charge in [-0.25, -0.2) is 4.98 Å². The van der Waals surface area contributed by atoms with Gasteiger partial charge < -0.3 is 10.2 Å². The second-order valence-electron chi connectivity index (χ2n) is 9.31. The number of hydrogen-bond donors (Lipinski definition) is 2. The third kappa shape index (κ3) is 3.26. The Morgan fingerprint density at radius 3 is 2.79 bits per heavy atom. The lowest BCUT2D eigenvalue weighted by Gasteiger charge is -2.09. The summed E-state index contributed by atoms with van der Waals surface area (Å²) in [4.78, 5) is 19.3. The van der Waals surface area contributed by atoms with Crippen molar-refractivity contribution in [1.82, 2.24) is 20.1 Å². The van der Waals surface area contributed by atoms with Gasteiger partial charge in [0.2, 0.25) is 5.91 Å². The lowest BCUT2D eigenvalue weighted by Crippen LogP contribution is -2.20. The third-order valence-corrected chi connectivity index (χ3v) is 6.82. The number of carbonyl (C=O) groups is 1. The molecule has 0 radical (unpaired) electrons. The number of aromatic amines is 1. The first kappa shape index (κ1) is 19.9. The number of nitrogens with zero attached hydrogens (tertiary/aromatic N) is 3. The van der Waals surface area contributed by atoms with Gasteiger partial charge in [-0.1, -0.05) is 48.5 Å². The summed E-state index contributed by atoms with van der Waals surface area (Å²) in [5, 5.41) is 11.7. The molecule has 1 fully saturated rings. The van der Waals surface area contributed by atoms with E-state index < -0.39 is 5.41 Å². The van der Waals surface area contributed by atoms with E-state index >= 15 is 0 Å². The first-order valence-corrected chi connectivity index (χ1v) is 11.2. The van der Waals surface area contributed by atoms with E-state index in [1.165, 1.54) is 5.56 Å². The van der Waals surface area contributed by atoms with Crippen molar-refractivity contribution in [3.8, 4) is 0 Å². The number of amides is 1. The second kappa shape index (κ2) is 7.39. The largest absolute Gasteiger partial charge is 0.310 e. The Morgan fingerprint density at radius 1 is 1.12 bits per heavy atom. The second-order valence-corrected chi connectivity index (χ2v) is 9.31. The van der Waals surface area contributed by atoms with Gasteiger partial charge in [-0.05, 0) is 55.4 Å². The summed E-state index contributed by atoms with van der Waals surface area (Å²) < 4.78 is 0. The van der Waals surface area contributed by atoms with Crippen molar-refractivity contribution in [3.05, 3.63) is 88.7 Å². The molecule has 2 aromatic carbocycles. The summed E-state index contributed by atoms with van der Waals surface area (Å²) in [7, 11) is 4.15. The van der Waals surface area contributed by atoms with E-state index in [0.29, 0.717) is 5.82 Å². The molecule has 1 aliphatic heterocycles. The smallest absolute Gasteiger partial charge is 0.236 e. The molecule has 2 aliphatic rings. The van der Waals surface area contributed by atoms with Crippen LogP contribution in [0.4, 0.5) is 5.82 Å². The third-order valence-electron chi connectivity index (χ3n) is 6.82. The van der Waals surface area contributed by atoms with Gasteiger partial charge in [0.05, 0.1) is 16.6 Å². The summed E-state index contributed by atoms with van der Waals surface area (Å²) in [6, 6.07) is 18.9. The number of aromatic nitrogens is 3. The molecule has 164 valence electrons. The Kier molecular flexibility index (Phi) is 4.45. The molecule has 1 amide bonds. The Hall–Kier alpha value is -3.77. The van der Waals surface area contributed by atoms with Crippen molar-refractivity contribution in [2.24, 2.45) is 0 Å². The predicted octanol–water partition coefficient (Wildman–Crippen LogP) is 4.57. The molecular weight excluding hydrogens is 410 g/mol. The van der Waals surface area contributed by atoms with Crippen LogP contribution in [0.5, 0.6) is 0 Å². The molecule has 33 heavy (non-hydrogen) atoms. The number of fused-ring (bicyclic) bond motifs is 3. The van der Waals surface area contributed by atoms with Gasteiger partial charge in [0, 0.05) is 29.6 Å². The summed E-state index contributed by atoms with van der Waals surface area (Å²) in [6.07, 6.45) is 6.67. The van der Waals surface area contributed by atoms with E-state index in [-0.39, 0.29) is 11.8 Å². The van der Waals surface area contributed by atoms with Crippen LogP contribution in [0.3, 0.4) is 0 Å². The minimum Gasteiger partial charge on any atom is -0.310 e. The average Bonchev–Trinajstić information content (AvgIpc) is 3.35. The molecule has 2 atom stereocenters. The number of anilines is 1. The van der Waals surface area contributed by atoms with Crippen LogP contribution >= 0.6 is 0 Å². The first-order chi connectivity index (χ1) is 16.0. The van der Waals surface area contributed by atoms with Gasteiger partial charge in [-0.3, -0.25) is 9.89 Å². The molecule has 1 saturated carbocycles.